The van der Waals surface area contributed by atoms with E-state index in [0.29, 0.717) is 24.5 Å². The molecule has 1 unspecified atom stereocenters. The highest BCUT2D eigenvalue weighted by molar-refractivity contribution is 5.43. The molecule has 4 heteroatoms. The highest BCUT2D eigenvalue weighted by Crippen LogP contribution is 2.29. The minimum absolute atomic E-state index is 0.511. The number of benzene rings is 1. The number of rotatable bonds is 6. The molecule has 0 aliphatic rings. The maximum Gasteiger partial charge on any atom is 0.160 e. The smallest absolute Gasteiger partial charge is 0.160 e. The molecule has 0 heterocycles. The first-order valence-electron chi connectivity index (χ1n) is 5.84. The fraction of sp³-hybridized carbons (Fsp3) is 0.500. The highest BCUT2D eigenvalue weighted by Gasteiger charge is 2.25. The van der Waals surface area contributed by atoms with Crippen LogP contribution in [0.4, 0.5) is 0 Å². The van der Waals surface area contributed by atoms with Crippen LogP contribution in [0.3, 0.4) is 0 Å². The highest BCUT2D eigenvalue weighted by atomic mass is 16.5. The molecule has 1 aromatic carbocycles. The second-order valence-corrected chi connectivity index (χ2v) is 4.14. The molecule has 0 aromatic heterocycles. The Balaban J connectivity index is 2.95. The third-order valence-corrected chi connectivity index (χ3v) is 2.69. The minimum Gasteiger partial charge on any atom is -0.493 e. The predicted molar refractivity (Wildman–Crippen MR) is 68.9 cm³/mol. The molecule has 0 fully saturated rings. The van der Waals surface area contributed by atoms with E-state index in [1.807, 2.05) is 25.1 Å². The Labute approximate surface area is 108 Å². The van der Waals surface area contributed by atoms with Gasteiger partial charge < -0.3 is 14.2 Å². The molecule has 0 spiro atoms. The van der Waals surface area contributed by atoms with Gasteiger partial charge in [0.15, 0.2) is 17.1 Å². The van der Waals surface area contributed by atoms with E-state index in [-0.39, 0.29) is 0 Å². The van der Waals surface area contributed by atoms with Crippen molar-refractivity contribution < 1.29 is 14.2 Å². The normalized spacial score (nSPS) is 13.5. The second-order valence-electron chi connectivity index (χ2n) is 4.14. The summed E-state index contributed by atoms with van der Waals surface area (Å²) in [5.41, 5.74) is 0.166. The molecule has 0 aliphatic carbocycles. The van der Waals surface area contributed by atoms with Gasteiger partial charge in [0.2, 0.25) is 0 Å². The molecular formula is C14H19NO3. The molecule has 0 saturated heterocycles. The van der Waals surface area contributed by atoms with Crippen LogP contribution >= 0.6 is 0 Å². The van der Waals surface area contributed by atoms with Crippen LogP contribution in [-0.4, -0.2) is 26.4 Å². The van der Waals surface area contributed by atoms with Gasteiger partial charge in [-0.3, -0.25) is 0 Å². The zero-order valence-corrected chi connectivity index (χ0v) is 11.3. The van der Waals surface area contributed by atoms with Crippen LogP contribution in [0.1, 0.15) is 19.4 Å². The first kappa shape index (κ1) is 14.3. The van der Waals surface area contributed by atoms with E-state index in [1.165, 1.54) is 0 Å². The SMILES string of the molecule is CCOC(C)(C#N)Cc1ccc(OC)c(OC)c1. The summed E-state index contributed by atoms with van der Waals surface area (Å²) >= 11 is 0. The van der Waals surface area contributed by atoms with Gasteiger partial charge in [0.25, 0.3) is 0 Å². The fourth-order valence-electron chi connectivity index (χ4n) is 1.82. The quantitative estimate of drug-likeness (QED) is 0.777. The van der Waals surface area contributed by atoms with Gasteiger partial charge >= 0.3 is 0 Å². The van der Waals surface area contributed by atoms with E-state index < -0.39 is 5.60 Å². The van der Waals surface area contributed by atoms with Gasteiger partial charge in [-0.15, -0.1) is 0 Å². The number of nitrogens with zero attached hydrogens (tertiary/aromatic N) is 1. The molecule has 18 heavy (non-hydrogen) atoms. The first-order chi connectivity index (χ1) is 8.58. The van der Waals surface area contributed by atoms with Crippen LogP contribution in [0.15, 0.2) is 18.2 Å². The van der Waals surface area contributed by atoms with Crippen molar-refractivity contribution >= 4 is 0 Å². The Hall–Kier alpha value is -1.73. The van der Waals surface area contributed by atoms with Gasteiger partial charge in [-0.2, -0.15) is 5.26 Å². The molecule has 0 saturated carbocycles. The van der Waals surface area contributed by atoms with Gasteiger partial charge in [0.1, 0.15) is 0 Å². The first-order valence-corrected chi connectivity index (χ1v) is 5.84. The maximum absolute atomic E-state index is 9.17. The van der Waals surface area contributed by atoms with Crippen molar-refractivity contribution in [3.63, 3.8) is 0 Å². The van der Waals surface area contributed by atoms with Crippen molar-refractivity contribution in [1.82, 2.24) is 0 Å². The van der Waals surface area contributed by atoms with Crippen molar-refractivity contribution in [2.75, 3.05) is 20.8 Å². The Bertz CT molecular complexity index is 439. The predicted octanol–water partition coefficient (Wildman–Crippen LogP) is 2.57. The average Bonchev–Trinajstić information content (AvgIpc) is 2.38. The van der Waals surface area contributed by atoms with Crippen molar-refractivity contribution in [3.8, 4) is 17.6 Å². The van der Waals surface area contributed by atoms with E-state index in [4.69, 9.17) is 14.2 Å². The lowest BCUT2D eigenvalue weighted by atomic mass is 9.97. The lowest BCUT2D eigenvalue weighted by molar-refractivity contribution is 0.0202. The fourth-order valence-corrected chi connectivity index (χ4v) is 1.82. The molecule has 1 atom stereocenters. The van der Waals surface area contributed by atoms with E-state index in [1.54, 1.807) is 21.1 Å². The Morgan fingerprint density at radius 3 is 2.39 bits per heavy atom. The van der Waals surface area contributed by atoms with Crippen molar-refractivity contribution in [3.05, 3.63) is 23.8 Å². The van der Waals surface area contributed by atoms with Gasteiger partial charge in [0.05, 0.1) is 20.3 Å². The summed E-state index contributed by atoms with van der Waals surface area (Å²) in [6.07, 6.45) is 0.512. The third kappa shape index (κ3) is 3.38. The molecule has 0 N–H and O–H groups in total. The number of nitriles is 1. The maximum atomic E-state index is 9.17. The summed E-state index contributed by atoms with van der Waals surface area (Å²) in [6, 6.07) is 7.81. The summed E-state index contributed by atoms with van der Waals surface area (Å²) in [5.74, 6) is 1.34. The zero-order chi connectivity index (χ0) is 13.6. The van der Waals surface area contributed by atoms with E-state index >= 15 is 0 Å². The largest absolute Gasteiger partial charge is 0.493 e. The number of methoxy groups -OCH3 is 2. The van der Waals surface area contributed by atoms with Crippen LogP contribution < -0.4 is 9.47 Å². The summed E-state index contributed by atoms with van der Waals surface area (Å²) < 4.78 is 15.9. The Morgan fingerprint density at radius 1 is 1.22 bits per heavy atom. The monoisotopic (exact) mass is 249 g/mol. The summed E-state index contributed by atoms with van der Waals surface area (Å²) in [6.45, 7) is 4.18. The van der Waals surface area contributed by atoms with Crippen molar-refractivity contribution in [1.29, 1.82) is 5.26 Å². The number of ether oxygens (including phenoxy) is 3. The molecular weight excluding hydrogens is 230 g/mol. The summed E-state index contributed by atoms with van der Waals surface area (Å²) in [7, 11) is 3.19. The second kappa shape index (κ2) is 6.27. The lowest BCUT2D eigenvalue weighted by Crippen LogP contribution is -2.29. The van der Waals surface area contributed by atoms with Crippen LogP contribution in [0.25, 0.3) is 0 Å². The van der Waals surface area contributed by atoms with Gasteiger partial charge in [0, 0.05) is 13.0 Å². The number of hydrogen-bond donors (Lipinski definition) is 0. The standard InChI is InChI=1S/C14H19NO3/c1-5-18-14(2,10-15)9-11-6-7-12(16-3)13(8-11)17-4/h6-8H,5,9H2,1-4H3. The molecule has 0 bridgehead atoms. The zero-order valence-electron chi connectivity index (χ0n) is 11.3. The van der Waals surface area contributed by atoms with E-state index in [2.05, 4.69) is 6.07 Å². The van der Waals surface area contributed by atoms with Crippen LogP contribution in [0, 0.1) is 11.3 Å². The van der Waals surface area contributed by atoms with Gasteiger partial charge in [-0.25, -0.2) is 0 Å². The number of hydrogen-bond acceptors (Lipinski definition) is 4. The Morgan fingerprint density at radius 2 is 1.89 bits per heavy atom. The topological polar surface area (TPSA) is 51.5 Å². The van der Waals surface area contributed by atoms with Gasteiger partial charge in [-0.1, -0.05) is 6.07 Å². The summed E-state index contributed by atoms with van der Waals surface area (Å²) in [5, 5.41) is 9.17. The molecule has 1 aromatic rings. The lowest BCUT2D eigenvalue weighted by Gasteiger charge is -2.22. The van der Waals surface area contributed by atoms with Crippen molar-refractivity contribution in [2.24, 2.45) is 0 Å². The molecule has 4 nitrogen and oxygen atoms in total. The molecule has 0 aliphatic heterocycles. The Kier molecular flexibility index (Phi) is 4.99. The van der Waals surface area contributed by atoms with Gasteiger partial charge in [-0.05, 0) is 31.5 Å². The molecule has 98 valence electrons. The van der Waals surface area contributed by atoms with E-state index in [0.717, 1.165) is 5.56 Å². The summed E-state index contributed by atoms with van der Waals surface area (Å²) in [4.78, 5) is 0. The molecule has 0 amide bonds. The third-order valence-electron chi connectivity index (χ3n) is 2.69. The molecule has 0 radical (unpaired) electrons. The molecule has 1 rings (SSSR count). The van der Waals surface area contributed by atoms with Crippen LogP contribution in [-0.2, 0) is 11.2 Å². The van der Waals surface area contributed by atoms with Crippen molar-refractivity contribution in [2.45, 2.75) is 25.9 Å². The average molecular weight is 249 g/mol. The minimum atomic E-state index is -0.811. The van der Waals surface area contributed by atoms with Crippen LogP contribution in [0.5, 0.6) is 11.5 Å². The van der Waals surface area contributed by atoms with Crippen LogP contribution in [0.2, 0.25) is 0 Å². The van der Waals surface area contributed by atoms with E-state index in [9.17, 15) is 5.26 Å².